The number of likely N-dealkylation sites (N-methyl/N-ethyl adjacent to an activating group) is 2. The molecule has 3 rings (SSSR count). The van der Waals surface area contributed by atoms with Crippen LogP contribution in [-0.4, -0.2) is 78.1 Å². The molecule has 1 spiro atoms. The third kappa shape index (κ3) is 2.73. The second-order valence-corrected chi connectivity index (χ2v) is 6.24. The quantitative estimate of drug-likeness (QED) is 0.814. The molecular weight excluding hydrogens is 294 g/mol. The van der Waals surface area contributed by atoms with E-state index in [0.29, 0.717) is 5.88 Å². The van der Waals surface area contributed by atoms with Gasteiger partial charge in [-0.25, -0.2) is 9.97 Å². The van der Waals surface area contributed by atoms with Gasteiger partial charge < -0.3 is 14.5 Å². The maximum absolute atomic E-state index is 12.8. The largest absolute Gasteiger partial charge is 0.481 e. The molecule has 1 aromatic rings. The Hall–Kier alpha value is -1.89. The Balaban J connectivity index is 1.77. The molecule has 0 saturated carbocycles. The minimum Gasteiger partial charge on any atom is -0.481 e. The first-order valence-corrected chi connectivity index (χ1v) is 8.22. The van der Waals surface area contributed by atoms with Crippen molar-refractivity contribution in [1.29, 1.82) is 0 Å². The molecule has 3 heterocycles. The number of rotatable bonds is 3. The van der Waals surface area contributed by atoms with Crippen molar-refractivity contribution in [3.05, 3.63) is 12.4 Å². The van der Waals surface area contributed by atoms with E-state index in [2.05, 4.69) is 26.7 Å². The van der Waals surface area contributed by atoms with Crippen LogP contribution in [0.2, 0.25) is 0 Å². The van der Waals surface area contributed by atoms with Gasteiger partial charge in [-0.2, -0.15) is 0 Å². The molecule has 126 valence electrons. The van der Waals surface area contributed by atoms with Crippen molar-refractivity contribution in [3.63, 3.8) is 0 Å². The van der Waals surface area contributed by atoms with E-state index in [0.717, 1.165) is 51.4 Å². The Morgan fingerprint density at radius 3 is 2.61 bits per heavy atom. The number of aromatic nitrogens is 2. The zero-order chi connectivity index (χ0) is 16.4. The zero-order valence-electron chi connectivity index (χ0n) is 14.2. The van der Waals surface area contributed by atoms with Crippen molar-refractivity contribution >= 4 is 11.7 Å². The summed E-state index contributed by atoms with van der Waals surface area (Å²) in [6, 6.07) is 1.85. The number of amides is 1. The van der Waals surface area contributed by atoms with Crippen LogP contribution in [-0.2, 0) is 4.79 Å². The molecule has 2 aliphatic rings. The number of anilines is 1. The molecule has 0 aliphatic carbocycles. The number of carbonyl (C=O) groups is 1. The van der Waals surface area contributed by atoms with Crippen molar-refractivity contribution in [2.75, 3.05) is 51.8 Å². The van der Waals surface area contributed by atoms with E-state index in [9.17, 15) is 4.79 Å². The number of carbonyl (C=O) groups excluding carboxylic acids is 1. The highest BCUT2D eigenvalue weighted by Gasteiger charge is 2.49. The zero-order valence-corrected chi connectivity index (χ0v) is 14.2. The lowest BCUT2D eigenvalue weighted by Gasteiger charge is -2.52. The van der Waals surface area contributed by atoms with Gasteiger partial charge in [-0.3, -0.25) is 9.69 Å². The summed E-state index contributed by atoms with van der Waals surface area (Å²) in [6.45, 7) is 6.47. The second-order valence-electron chi connectivity index (χ2n) is 6.24. The fraction of sp³-hybridized carbons (Fsp3) is 0.688. The highest BCUT2D eigenvalue weighted by atomic mass is 16.5. The van der Waals surface area contributed by atoms with Gasteiger partial charge in [0.05, 0.1) is 7.11 Å². The van der Waals surface area contributed by atoms with E-state index in [-0.39, 0.29) is 11.4 Å². The molecule has 2 saturated heterocycles. The highest BCUT2D eigenvalue weighted by molar-refractivity contribution is 5.87. The Bertz CT molecular complexity index is 571. The highest BCUT2D eigenvalue weighted by Crippen LogP contribution is 2.34. The van der Waals surface area contributed by atoms with Crippen molar-refractivity contribution in [2.45, 2.75) is 25.3 Å². The Kier molecular flexibility index (Phi) is 4.39. The minimum atomic E-state index is -0.338. The number of methoxy groups -OCH3 is 1. The smallest absolute Gasteiger partial charge is 0.243 e. The van der Waals surface area contributed by atoms with Gasteiger partial charge in [-0.1, -0.05) is 6.92 Å². The minimum absolute atomic E-state index is 0.269. The molecule has 0 atom stereocenters. The van der Waals surface area contributed by atoms with Gasteiger partial charge in [-0.15, -0.1) is 0 Å². The van der Waals surface area contributed by atoms with E-state index in [4.69, 9.17) is 4.74 Å². The molecule has 7 heteroatoms. The van der Waals surface area contributed by atoms with Crippen LogP contribution in [0.1, 0.15) is 19.8 Å². The standard InChI is InChI=1S/C16H25N5O2/c1-4-21-10-9-19(2)15(22)16(21)5-7-20(8-6-16)13-11-14(23-3)18-12-17-13/h11-12H,4-10H2,1-3H3. The number of hydrogen-bond donors (Lipinski definition) is 0. The molecule has 23 heavy (non-hydrogen) atoms. The lowest BCUT2D eigenvalue weighted by Crippen LogP contribution is -2.68. The molecule has 1 aromatic heterocycles. The lowest BCUT2D eigenvalue weighted by atomic mass is 9.82. The molecule has 0 bridgehead atoms. The van der Waals surface area contributed by atoms with E-state index in [1.54, 1.807) is 7.11 Å². The van der Waals surface area contributed by atoms with Crippen LogP contribution in [0, 0.1) is 0 Å². The van der Waals surface area contributed by atoms with Crippen LogP contribution in [0.15, 0.2) is 12.4 Å². The average Bonchev–Trinajstić information content (AvgIpc) is 2.61. The number of piperidine rings is 1. The number of piperazine rings is 1. The summed E-state index contributed by atoms with van der Waals surface area (Å²) in [4.78, 5) is 27.7. The van der Waals surface area contributed by atoms with Gasteiger partial charge in [-0.05, 0) is 19.4 Å². The second kappa shape index (κ2) is 6.31. The molecule has 0 unspecified atom stereocenters. The monoisotopic (exact) mass is 319 g/mol. The van der Waals surface area contributed by atoms with E-state index < -0.39 is 0 Å². The van der Waals surface area contributed by atoms with Gasteiger partial charge in [0.1, 0.15) is 17.7 Å². The third-order valence-corrected chi connectivity index (χ3v) is 5.19. The topological polar surface area (TPSA) is 61.8 Å². The van der Waals surface area contributed by atoms with Gasteiger partial charge in [0.15, 0.2) is 0 Å². The summed E-state index contributed by atoms with van der Waals surface area (Å²) >= 11 is 0. The van der Waals surface area contributed by atoms with E-state index >= 15 is 0 Å². The fourth-order valence-corrected chi connectivity index (χ4v) is 3.79. The van der Waals surface area contributed by atoms with Crippen LogP contribution in [0.5, 0.6) is 5.88 Å². The van der Waals surface area contributed by atoms with Crippen LogP contribution in [0.4, 0.5) is 5.82 Å². The summed E-state index contributed by atoms with van der Waals surface area (Å²) in [5.41, 5.74) is -0.338. The molecule has 2 aliphatic heterocycles. The van der Waals surface area contributed by atoms with Gasteiger partial charge >= 0.3 is 0 Å². The molecule has 0 aromatic carbocycles. The van der Waals surface area contributed by atoms with Crippen LogP contribution >= 0.6 is 0 Å². The van der Waals surface area contributed by atoms with Gasteiger partial charge in [0.25, 0.3) is 0 Å². The molecule has 2 fully saturated rings. The van der Waals surface area contributed by atoms with Crippen LogP contribution in [0.3, 0.4) is 0 Å². The maximum atomic E-state index is 12.8. The number of hydrogen-bond acceptors (Lipinski definition) is 6. The number of ether oxygens (including phenoxy) is 1. The molecule has 7 nitrogen and oxygen atoms in total. The predicted molar refractivity (Wildman–Crippen MR) is 87.6 cm³/mol. The molecule has 1 amide bonds. The molecular formula is C16H25N5O2. The average molecular weight is 319 g/mol. The van der Waals surface area contributed by atoms with Crippen molar-refractivity contribution in [2.24, 2.45) is 0 Å². The molecule has 0 radical (unpaired) electrons. The predicted octanol–water partition coefficient (Wildman–Crippen LogP) is 0.618. The Morgan fingerprint density at radius 1 is 1.22 bits per heavy atom. The SMILES string of the molecule is CCN1CCN(C)C(=O)C12CCN(c1cc(OC)ncn1)CC2. The van der Waals surface area contributed by atoms with Crippen molar-refractivity contribution in [3.8, 4) is 5.88 Å². The normalized spacial score (nSPS) is 21.8. The first kappa shape index (κ1) is 16.0. The lowest BCUT2D eigenvalue weighted by molar-refractivity contribution is -0.151. The summed E-state index contributed by atoms with van der Waals surface area (Å²) in [5.74, 6) is 1.70. The van der Waals surface area contributed by atoms with E-state index in [1.165, 1.54) is 6.33 Å². The fourth-order valence-electron chi connectivity index (χ4n) is 3.79. The first-order chi connectivity index (χ1) is 11.1. The summed E-state index contributed by atoms with van der Waals surface area (Å²) < 4.78 is 5.17. The Labute approximate surface area is 137 Å². The molecule has 0 N–H and O–H groups in total. The van der Waals surface area contributed by atoms with Crippen molar-refractivity contribution in [1.82, 2.24) is 19.8 Å². The Morgan fingerprint density at radius 2 is 1.96 bits per heavy atom. The summed E-state index contributed by atoms with van der Waals surface area (Å²) in [5, 5.41) is 0. The first-order valence-electron chi connectivity index (χ1n) is 8.22. The van der Waals surface area contributed by atoms with Crippen LogP contribution < -0.4 is 9.64 Å². The summed E-state index contributed by atoms with van der Waals surface area (Å²) in [7, 11) is 3.52. The van der Waals surface area contributed by atoms with Gasteiger partial charge in [0, 0.05) is 39.3 Å². The van der Waals surface area contributed by atoms with Gasteiger partial charge in [0.2, 0.25) is 11.8 Å². The van der Waals surface area contributed by atoms with Crippen LogP contribution in [0.25, 0.3) is 0 Å². The maximum Gasteiger partial charge on any atom is 0.243 e. The van der Waals surface area contributed by atoms with E-state index in [1.807, 2.05) is 18.0 Å². The third-order valence-electron chi connectivity index (χ3n) is 5.19. The number of nitrogens with zero attached hydrogens (tertiary/aromatic N) is 5. The van der Waals surface area contributed by atoms with Crippen molar-refractivity contribution < 1.29 is 9.53 Å². The summed E-state index contributed by atoms with van der Waals surface area (Å²) in [6.07, 6.45) is 3.18.